The SMILES string of the molecule is CCCNC(C)/C=C/c1cc(Br)c(OCC)c(Br)c1. The molecule has 2 nitrogen and oxygen atoms in total. The topological polar surface area (TPSA) is 21.3 Å². The van der Waals surface area contributed by atoms with Crippen LogP contribution in [0.3, 0.4) is 0 Å². The van der Waals surface area contributed by atoms with Crippen LogP contribution in [0.2, 0.25) is 0 Å². The van der Waals surface area contributed by atoms with Crippen molar-refractivity contribution < 1.29 is 4.74 Å². The van der Waals surface area contributed by atoms with E-state index in [1.54, 1.807) is 0 Å². The summed E-state index contributed by atoms with van der Waals surface area (Å²) in [5.74, 6) is 0.858. The first-order valence-corrected chi connectivity index (χ1v) is 8.20. The molecule has 1 N–H and O–H groups in total. The van der Waals surface area contributed by atoms with Crippen LogP contribution < -0.4 is 10.1 Å². The molecule has 0 bridgehead atoms. The van der Waals surface area contributed by atoms with Crippen molar-refractivity contribution in [3.63, 3.8) is 0 Å². The summed E-state index contributed by atoms with van der Waals surface area (Å²) < 4.78 is 7.51. The molecule has 0 aliphatic rings. The highest BCUT2D eigenvalue weighted by molar-refractivity contribution is 9.11. The smallest absolute Gasteiger partial charge is 0.147 e. The Kier molecular flexibility index (Phi) is 7.73. The maximum absolute atomic E-state index is 5.57. The Hall–Kier alpha value is -0.320. The van der Waals surface area contributed by atoms with Crippen molar-refractivity contribution in [1.82, 2.24) is 5.32 Å². The maximum atomic E-state index is 5.57. The van der Waals surface area contributed by atoms with E-state index < -0.39 is 0 Å². The molecule has 0 aromatic heterocycles. The van der Waals surface area contributed by atoms with Gasteiger partial charge in [0.2, 0.25) is 0 Å². The zero-order valence-electron chi connectivity index (χ0n) is 11.7. The summed E-state index contributed by atoms with van der Waals surface area (Å²) in [5.41, 5.74) is 1.15. The predicted molar refractivity (Wildman–Crippen MR) is 89.8 cm³/mol. The minimum atomic E-state index is 0.379. The molecule has 0 saturated heterocycles. The molecular formula is C15H21Br2NO. The van der Waals surface area contributed by atoms with E-state index in [2.05, 4.69) is 75.3 Å². The van der Waals surface area contributed by atoms with E-state index in [1.165, 1.54) is 0 Å². The Balaban J connectivity index is 2.77. The molecule has 0 aliphatic carbocycles. The molecule has 0 amide bonds. The Bertz CT molecular complexity index is 409. The fourth-order valence-electron chi connectivity index (χ4n) is 1.65. The molecule has 1 atom stereocenters. The molecule has 0 heterocycles. The number of hydrogen-bond acceptors (Lipinski definition) is 2. The lowest BCUT2D eigenvalue weighted by atomic mass is 10.1. The summed E-state index contributed by atoms with van der Waals surface area (Å²) in [5, 5.41) is 3.43. The number of hydrogen-bond donors (Lipinski definition) is 1. The molecule has 19 heavy (non-hydrogen) atoms. The number of benzene rings is 1. The number of nitrogens with one attached hydrogen (secondary N) is 1. The Morgan fingerprint density at radius 3 is 2.42 bits per heavy atom. The van der Waals surface area contributed by atoms with Crippen molar-refractivity contribution in [1.29, 1.82) is 0 Å². The number of ether oxygens (including phenoxy) is 1. The minimum absolute atomic E-state index is 0.379. The highest BCUT2D eigenvalue weighted by Crippen LogP contribution is 2.35. The van der Waals surface area contributed by atoms with Crippen LogP contribution in [0.15, 0.2) is 27.2 Å². The van der Waals surface area contributed by atoms with E-state index in [0.717, 1.165) is 33.2 Å². The largest absolute Gasteiger partial charge is 0.492 e. The van der Waals surface area contributed by atoms with Crippen LogP contribution in [0.25, 0.3) is 6.08 Å². The van der Waals surface area contributed by atoms with Gasteiger partial charge in [-0.05, 0) is 76.4 Å². The van der Waals surface area contributed by atoms with Crippen molar-refractivity contribution in [2.45, 2.75) is 33.2 Å². The van der Waals surface area contributed by atoms with Crippen LogP contribution in [-0.2, 0) is 0 Å². The van der Waals surface area contributed by atoms with Gasteiger partial charge in [0.05, 0.1) is 15.6 Å². The molecule has 1 aromatic carbocycles. The van der Waals surface area contributed by atoms with E-state index in [4.69, 9.17) is 4.74 Å². The van der Waals surface area contributed by atoms with Crippen molar-refractivity contribution in [2.75, 3.05) is 13.2 Å². The molecule has 0 radical (unpaired) electrons. The highest BCUT2D eigenvalue weighted by atomic mass is 79.9. The lowest BCUT2D eigenvalue weighted by Crippen LogP contribution is -2.24. The second kappa shape index (κ2) is 8.77. The van der Waals surface area contributed by atoms with Gasteiger partial charge in [0, 0.05) is 6.04 Å². The summed E-state index contributed by atoms with van der Waals surface area (Å²) in [6.45, 7) is 8.01. The van der Waals surface area contributed by atoms with Gasteiger partial charge < -0.3 is 10.1 Å². The van der Waals surface area contributed by atoms with E-state index in [0.29, 0.717) is 12.6 Å². The standard InChI is InChI=1S/C15H21Br2NO/c1-4-8-18-11(3)6-7-12-9-13(16)15(19-5-2)14(17)10-12/h6-7,9-11,18H,4-5,8H2,1-3H3/b7-6+. The molecule has 0 spiro atoms. The summed E-state index contributed by atoms with van der Waals surface area (Å²) in [4.78, 5) is 0. The zero-order chi connectivity index (χ0) is 14.3. The molecule has 106 valence electrons. The quantitative estimate of drug-likeness (QED) is 0.706. The van der Waals surface area contributed by atoms with Gasteiger partial charge in [0.1, 0.15) is 5.75 Å². The second-order valence-electron chi connectivity index (χ2n) is 4.35. The first-order valence-electron chi connectivity index (χ1n) is 6.61. The molecule has 0 saturated carbocycles. The molecule has 1 aromatic rings. The maximum Gasteiger partial charge on any atom is 0.147 e. The van der Waals surface area contributed by atoms with Gasteiger partial charge in [0.25, 0.3) is 0 Å². The Labute approximate surface area is 132 Å². The molecular weight excluding hydrogens is 370 g/mol. The van der Waals surface area contributed by atoms with Gasteiger partial charge in [-0.1, -0.05) is 19.1 Å². The van der Waals surface area contributed by atoms with Crippen molar-refractivity contribution in [3.05, 3.63) is 32.7 Å². The molecule has 1 unspecified atom stereocenters. The third kappa shape index (κ3) is 5.67. The zero-order valence-corrected chi connectivity index (χ0v) is 14.8. The van der Waals surface area contributed by atoms with Crippen LogP contribution in [0.1, 0.15) is 32.8 Å². The third-order valence-corrected chi connectivity index (χ3v) is 3.78. The van der Waals surface area contributed by atoms with Crippen LogP contribution in [0.4, 0.5) is 0 Å². The Morgan fingerprint density at radius 1 is 1.26 bits per heavy atom. The second-order valence-corrected chi connectivity index (χ2v) is 6.06. The van der Waals surface area contributed by atoms with Gasteiger partial charge in [-0.15, -0.1) is 0 Å². The summed E-state index contributed by atoms with van der Waals surface area (Å²) in [6.07, 6.45) is 5.45. The fraction of sp³-hybridized carbons (Fsp3) is 0.467. The van der Waals surface area contributed by atoms with Gasteiger partial charge in [-0.25, -0.2) is 0 Å². The minimum Gasteiger partial charge on any atom is -0.492 e. The van der Waals surface area contributed by atoms with Crippen molar-refractivity contribution >= 4 is 37.9 Å². The lowest BCUT2D eigenvalue weighted by molar-refractivity contribution is 0.336. The monoisotopic (exact) mass is 389 g/mol. The van der Waals surface area contributed by atoms with E-state index >= 15 is 0 Å². The first kappa shape index (κ1) is 16.7. The molecule has 0 fully saturated rings. The van der Waals surface area contributed by atoms with Crippen molar-refractivity contribution in [2.24, 2.45) is 0 Å². The fourth-order valence-corrected chi connectivity index (χ4v) is 3.10. The van der Waals surface area contributed by atoms with Crippen LogP contribution in [0, 0.1) is 0 Å². The van der Waals surface area contributed by atoms with Gasteiger partial charge in [-0.2, -0.15) is 0 Å². The van der Waals surface area contributed by atoms with Crippen LogP contribution in [0.5, 0.6) is 5.75 Å². The van der Waals surface area contributed by atoms with Crippen LogP contribution >= 0.6 is 31.9 Å². The van der Waals surface area contributed by atoms with Gasteiger partial charge in [-0.3, -0.25) is 0 Å². The highest BCUT2D eigenvalue weighted by Gasteiger charge is 2.07. The number of rotatable bonds is 7. The summed E-state index contributed by atoms with van der Waals surface area (Å²) in [6, 6.07) is 4.52. The summed E-state index contributed by atoms with van der Waals surface area (Å²) >= 11 is 7.09. The van der Waals surface area contributed by atoms with Gasteiger partial charge >= 0.3 is 0 Å². The normalized spacial score (nSPS) is 12.9. The molecule has 0 aliphatic heterocycles. The van der Waals surface area contributed by atoms with Crippen LogP contribution in [-0.4, -0.2) is 19.2 Å². The number of halogens is 2. The van der Waals surface area contributed by atoms with E-state index in [9.17, 15) is 0 Å². The van der Waals surface area contributed by atoms with Crippen molar-refractivity contribution in [3.8, 4) is 5.75 Å². The average molecular weight is 391 g/mol. The lowest BCUT2D eigenvalue weighted by Gasteiger charge is -2.10. The average Bonchev–Trinajstić information content (AvgIpc) is 2.38. The predicted octanol–water partition coefficient (Wildman–Crippen LogP) is 5.01. The van der Waals surface area contributed by atoms with Gasteiger partial charge in [0.15, 0.2) is 0 Å². The summed E-state index contributed by atoms with van der Waals surface area (Å²) in [7, 11) is 0. The van der Waals surface area contributed by atoms with E-state index in [-0.39, 0.29) is 0 Å². The molecule has 4 heteroatoms. The van der Waals surface area contributed by atoms with E-state index in [1.807, 2.05) is 6.92 Å². The molecule has 1 rings (SSSR count). The first-order chi connectivity index (χ1) is 9.08. The Morgan fingerprint density at radius 2 is 1.89 bits per heavy atom. The third-order valence-electron chi connectivity index (χ3n) is 2.60.